The quantitative estimate of drug-likeness (QED) is 0.374. The highest BCUT2D eigenvalue weighted by Crippen LogP contribution is 2.25. The van der Waals surface area contributed by atoms with Crippen molar-refractivity contribution >= 4 is 39.5 Å². The van der Waals surface area contributed by atoms with Crippen molar-refractivity contribution in [3.63, 3.8) is 0 Å². The maximum absolute atomic E-state index is 5.34. The maximum atomic E-state index is 5.34. The van der Waals surface area contributed by atoms with Gasteiger partial charge >= 0.3 is 0 Å². The molecule has 0 radical (unpaired) electrons. The summed E-state index contributed by atoms with van der Waals surface area (Å²) in [5.41, 5.74) is 3.63. The van der Waals surface area contributed by atoms with E-state index < -0.39 is 0 Å². The van der Waals surface area contributed by atoms with Gasteiger partial charge < -0.3 is 10.1 Å². The first-order valence-corrected chi connectivity index (χ1v) is 6.80. The molecule has 0 atom stereocenters. The van der Waals surface area contributed by atoms with Gasteiger partial charge in [-0.1, -0.05) is 5.92 Å². The maximum Gasteiger partial charge on any atom is 0.186 e. The van der Waals surface area contributed by atoms with Crippen molar-refractivity contribution in [3.05, 3.63) is 28.2 Å². The van der Waals surface area contributed by atoms with Crippen LogP contribution in [0.5, 0.6) is 5.75 Å². The van der Waals surface area contributed by atoms with E-state index in [9.17, 15) is 0 Å². The number of hydrogen-bond acceptors (Lipinski definition) is 3. The SMILES string of the molecule is C#CCOc1ccc(C=NNC(=S)NCC)cc1Br. The molecule has 1 aromatic rings. The first-order valence-electron chi connectivity index (χ1n) is 5.60. The zero-order valence-electron chi connectivity index (χ0n) is 10.4. The molecule has 0 amide bonds. The Labute approximate surface area is 126 Å². The van der Waals surface area contributed by atoms with Gasteiger partial charge in [0.15, 0.2) is 5.11 Å². The standard InChI is InChI=1S/C13H14BrN3OS/c1-3-7-18-12-6-5-10(8-11(12)14)9-16-17-13(19)15-4-2/h1,5-6,8-9H,4,7H2,2H3,(H2,15,17,19). The molecule has 2 N–H and O–H groups in total. The summed E-state index contributed by atoms with van der Waals surface area (Å²) >= 11 is 8.39. The van der Waals surface area contributed by atoms with E-state index in [-0.39, 0.29) is 6.61 Å². The molecule has 0 fully saturated rings. The van der Waals surface area contributed by atoms with Gasteiger partial charge in [-0.05, 0) is 58.8 Å². The minimum Gasteiger partial charge on any atom is -0.480 e. The first kappa shape index (κ1) is 15.5. The lowest BCUT2D eigenvalue weighted by atomic mass is 10.2. The highest BCUT2D eigenvalue weighted by molar-refractivity contribution is 9.10. The predicted octanol–water partition coefficient (Wildman–Crippen LogP) is 2.28. The monoisotopic (exact) mass is 339 g/mol. The van der Waals surface area contributed by atoms with Crippen molar-refractivity contribution < 1.29 is 4.74 Å². The summed E-state index contributed by atoms with van der Waals surface area (Å²) in [7, 11) is 0. The Bertz CT molecular complexity index is 511. The van der Waals surface area contributed by atoms with Crippen molar-refractivity contribution in [1.82, 2.24) is 10.7 Å². The summed E-state index contributed by atoms with van der Waals surface area (Å²) in [4.78, 5) is 0. The molecule has 0 aliphatic carbocycles. The van der Waals surface area contributed by atoms with Crippen molar-refractivity contribution in [2.75, 3.05) is 13.2 Å². The van der Waals surface area contributed by atoms with E-state index in [1.165, 1.54) is 0 Å². The number of hydrogen-bond donors (Lipinski definition) is 2. The van der Waals surface area contributed by atoms with Gasteiger partial charge in [-0.25, -0.2) is 0 Å². The van der Waals surface area contributed by atoms with E-state index >= 15 is 0 Å². The Morgan fingerprint density at radius 2 is 2.42 bits per heavy atom. The second-order valence-corrected chi connectivity index (χ2v) is 4.67. The van der Waals surface area contributed by atoms with Crippen LogP contribution in [-0.4, -0.2) is 24.5 Å². The third kappa shape index (κ3) is 5.73. The van der Waals surface area contributed by atoms with Gasteiger partial charge in [-0.3, -0.25) is 5.43 Å². The number of nitrogens with zero attached hydrogens (tertiary/aromatic N) is 1. The molecule has 0 unspecified atom stereocenters. The number of terminal acetylenes is 1. The fraction of sp³-hybridized carbons (Fsp3) is 0.231. The molecule has 0 aliphatic rings. The summed E-state index contributed by atoms with van der Waals surface area (Å²) in [6.07, 6.45) is 6.80. The third-order valence-electron chi connectivity index (χ3n) is 1.98. The zero-order valence-corrected chi connectivity index (χ0v) is 12.8. The van der Waals surface area contributed by atoms with E-state index in [1.807, 2.05) is 25.1 Å². The number of nitrogens with one attached hydrogen (secondary N) is 2. The Kier molecular flexibility index (Phi) is 6.93. The predicted molar refractivity (Wildman–Crippen MR) is 85.5 cm³/mol. The fourth-order valence-corrected chi connectivity index (χ4v) is 1.91. The average molecular weight is 340 g/mol. The molecule has 0 saturated heterocycles. The Morgan fingerprint density at radius 1 is 1.63 bits per heavy atom. The van der Waals surface area contributed by atoms with E-state index in [1.54, 1.807) is 6.21 Å². The van der Waals surface area contributed by atoms with E-state index in [0.717, 1.165) is 16.6 Å². The van der Waals surface area contributed by atoms with Gasteiger partial charge in [-0.2, -0.15) is 5.10 Å². The molecule has 0 aromatic heterocycles. The number of hydrazone groups is 1. The largest absolute Gasteiger partial charge is 0.480 e. The molecule has 1 rings (SSSR count). The molecule has 100 valence electrons. The molecule has 0 bridgehead atoms. The lowest BCUT2D eigenvalue weighted by molar-refractivity contribution is 0.368. The fourth-order valence-electron chi connectivity index (χ4n) is 1.20. The van der Waals surface area contributed by atoms with Crippen LogP contribution in [0.1, 0.15) is 12.5 Å². The van der Waals surface area contributed by atoms with Gasteiger partial charge in [0.2, 0.25) is 0 Å². The molecule has 0 saturated carbocycles. The van der Waals surface area contributed by atoms with Crippen molar-refractivity contribution in [3.8, 4) is 18.1 Å². The number of benzene rings is 1. The molecular formula is C13H14BrN3OS. The third-order valence-corrected chi connectivity index (χ3v) is 2.84. The van der Waals surface area contributed by atoms with Gasteiger partial charge in [0.1, 0.15) is 12.4 Å². The van der Waals surface area contributed by atoms with Crippen LogP contribution in [0.15, 0.2) is 27.8 Å². The topological polar surface area (TPSA) is 45.6 Å². The van der Waals surface area contributed by atoms with Crippen LogP contribution in [0.3, 0.4) is 0 Å². The van der Waals surface area contributed by atoms with E-state index in [4.69, 9.17) is 23.4 Å². The molecule has 0 spiro atoms. The summed E-state index contributed by atoms with van der Waals surface area (Å²) in [5, 5.41) is 7.45. The van der Waals surface area contributed by atoms with Gasteiger partial charge in [-0.15, -0.1) is 6.42 Å². The lowest BCUT2D eigenvalue weighted by Crippen LogP contribution is -2.31. The smallest absolute Gasteiger partial charge is 0.186 e. The molecule has 0 heterocycles. The average Bonchev–Trinajstić information content (AvgIpc) is 2.38. The molecule has 0 aliphatic heterocycles. The number of halogens is 1. The molecule has 4 nitrogen and oxygen atoms in total. The Hall–Kier alpha value is -1.58. The highest BCUT2D eigenvalue weighted by atomic mass is 79.9. The Morgan fingerprint density at radius 3 is 3.05 bits per heavy atom. The number of ether oxygens (including phenoxy) is 1. The molecule has 19 heavy (non-hydrogen) atoms. The van der Waals surface area contributed by atoms with Crippen molar-refractivity contribution in [2.45, 2.75) is 6.92 Å². The second kappa shape index (κ2) is 8.51. The zero-order chi connectivity index (χ0) is 14.1. The van der Waals surface area contributed by atoms with Crippen LogP contribution in [0.2, 0.25) is 0 Å². The van der Waals surface area contributed by atoms with Crippen LogP contribution in [0, 0.1) is 12.3 Å². The first-order chi connectivity index (χ1) is 9.17. The molecular weight excluding hydrogens is 326 g/mol. The van der Waals surface area contributed by atoms with Crippen molar-refractivity contribution in [2.24, 2.45) is 5.10 Å². The second-order valence-electron chi connectivity index (χ2n) is 3.41. The highest BCUT2D eigenvalue weighted by Gasteiger charge is 2.01. The Balaban J connectivity index is 2.61. The van der Waals surface area contributed by atoms with Crippen LogP contribution >= 0.6 is 28.1 Å². The minimum absolute atomic E-state index is 0.241. The van der Waals surface area contributed by atoms with Gasteiger partial charge in [0.05, 0.1) is 10.7 Å². The van der Waals surface area contributed by atoms with Crippen LogP contribution in [-0.2, 0) is 0 Å². The number of rotatable bonds is 5. The van der Waals surface area contributed by atoms with E-state index in [0.29, 0.717) is 10.9 Å². The van der Waals surface area contributed by atoms with Crippen LogP contribution in [0.25, 0.3) is 0 Å². The van der Waals surface area contributed by atoms with Crippen LogP contribution in [0.4, 0.5) is 0 Å². The number of thiocarbonyl (C=S) groups is 1. The summed E-state index contributed by atoms with van der Waals surface area (Å²) in [5.74, 6) is 3.12. The molecule has 1 aromatic carbocycles. The summed E-state index contributed by atoms with van der Waals surface area (Å²) in [6, 6.07) is 5.58. The molecule has 6 heteroatoms. The minimum atomic E-state index is 0.241. The lowest BCUT2D eigenvalue weighted by Gasteiger charge is -2.06. The summed E-state index contributed by atoms with van der Waals surface area (Å²) < 4.78 is 6.16. The normalized spacial score (nSPS) is 9.95. The van der Waals surface area contributed by atoms with E-state index in [2.05, 4.69) is 37.7 Å². The van der Waals surface area contributed by atoms with Crippen LogP contribution < -0.4 is 15.5 Å². The van der Waals surface area contributed by atoms with Crippen molar-refractivity contribution in [1.29, 1.82) is 0 Å². The van der Waals surface area contributed by atoms with Gasteiger partial charge in [0, 0.05) is 6.54 Å². The summed E-state index contributed by atoms with van der Waals surface area (Å²) in [6.45, 7) is 2.96. The van der Waals surface area contributed by atoms with Gasteiger partial charge in [0.25, 0.3) is 0 Å².